The fourth-order valence-electron chi connectivity index (χ4n) is 6.23. The van der Waals surface area contributed by atoms with Gasteiger partial charge in [0.2, 0.25) is 5.91 Å². The third-order valence-electron chi connectivity index (χ3n) is 7.55. The van der Waals surface area contributed by atoms with Crippen molar-refractivity contribution in [3.05, 3.63) is 0 Å². The van der Waals surface area contributed by atoms with Crippen molar-refractivity contribution in [2.45, 2.75) is 62.9 Å². The molecule has 0 bridgehead atoms. The molecule has 4 rings (SSSR count). The molecule has 4 fully saturated rings. The molecule has 27 heavy (non-hydrogen) atoms. The maximum absolute atomic E-state index is 12.7. The van der Waals surface area contributed by atoms with Crippen LogP contribution in [-0.4, -0.2) is 64.7 Å². The summed E-state index contributed by atoms with van der Waals surface area (Å²) in [4.78, 5) is 27.3. The molecule has 0 aromatic heterocycles. The van der Waals surface area contributed by atoms with E-state index in [0.717, 1.165) is 25.7 Å². The van der Waals surface area contributed by atoms with Gasteiger partial charge in [0.25, 0.3) is 0 Å². The third-order valence-corrected chi connectivity index (χ3v) is 7.55. The molecule has 0 radical (unpaired) electrons. The van der Waals surface area contributed by atoms with Crippen LogP contribution >= 0.6 is 0 Å². The number of nitrogens with zero attached hydrogens (tertiary/aromatic N) is 3. The van der Waals surface area contributed by atoms with E-state index >= 15 is 0 Å². The first kappa shape index (κ1) is 18.5. The summed E-state index contributed by atoms with van der Waals surface area (Å²) in [7, 11) is 0. The Morgan fingerprint density at radius 3 is 2.37 bits per heavy atom. The molecule has 2 saturated carbocycles. The zero-order valence-electron chi connectivity index (χ0n) is 15.9. The van der Waals surface area contributed by atoms with Crippen LogP contribution in [0.4, 0.5) is 4.79 Å². The molecule has 3 atom stereocenters. The fourth-order valence-corrected chi connectivity index (χ4v) is 6.23. The molecule has 2 saturated heterocycles. The summed E-state index contributed by atoms with van der Waals surface area (Å²) >= 11 is 0. The van der Waals surface area contributed by atoms with Gasteiger partial charge in [-0.2, -0.15) is 5.26 Å². The average molecular weight is 374 g/mol. The van der Waals surface area contributed by atoms with Crippen LogP contribution in [0.5, 0.6) is 0 Å². The SMILES string of the molecule is N#CC1CCCN1C(=O)CNC1(C2CCCC2)CC2CN(C(=O)O)CC2C1. The van der Waals surface area contributed by atoms with Crippen molar-refractivity contribution in [1.29, 1.82) is 5.26 Å². The van der Waals surface area contributed by atoms with E-state index in [1.165, 1.54) is 25.7 Å². The highest BCUT2D eigenvalue weighted by Gasteiger charge is 2.53. The van der Waals surface area contributed by atoms with Crippen molar-refractivity contribution < 1.29 is 14.7 Å². The Balaban J connectivity index is 1.43. The molecule has 148 valence electrons. The molecule has 0 aromatic rings. The second kappa shape index (κ2) is 7.31. The molecule has 2 aliphatic carbocycles. The maximum atomic E-state index is 12.7. The van der Waals surface area contributed by atoms with E-state index in [2.05, 4.69) is 11.4 Å². The number of hydrogen-bond donors (Lipinski definition) is 2. The van der Waals surface area contributed by atoms with Gasteiger partial charge in [0.1, 0.15) is 6.04 Å². The lowest BCUT2D eigenvalue weighted by Crippen LogP contribution is -2.53. The molecular weight excluding hydrogens is 344 g/mol. The quantitative estimate of drug-likeness (QED) is 0.785. The molecule has 2 aliphatic heterocycles. The normalized spacial score (nSPS) is 36.2. The minimum atomic E-state index is -0.810. The summed E-state index contributed by atoms with van der Waals surface area (Å²) in [6.07, 6.45) is 7.74. The molecule has 2 heterocycles. The topological polar surface area (TPSA) is 96.7 Å². The number of hydrogen-bond acceptors (Lipinski definition) is 4. The number of fused-ring (bicyclic) bond motifs is 1. The largest absolute Gasteiger partial charge is 0.465 e. The summed E-state index contributed by atoms with van der Waals surface area (Å²) in [6.45, 7) is 2.25. The van der Waals surface area contributed by atoms with Crippen molar-refractivity contribution in [1.82, 2.24) is 15.1 Å². The van der Waals surface area contributed by atoms with Crippen LogP contribution in [-0.2, 0) is 4.79 Å². The first-order chi connectivity index (χ1) is 13.0. The average Bonchev–Trinajstić information content (AvgIpc) is 3.42. The van der Waals surface area contributed by atoms with Crippen LogP contribution in [0.2, 0.25) is 0 Å². The van der Waals surface area contributed by atoms with Crippen molar-refractivity contribution in [3.8, 4) is 6.07 Å². The summed E-state index contributed by atoms with van der Waals surface area (Å²) < 4.78 is 0. The van der Waals surface area contributed by atoms with E-state index in [-0.39, 0.29) is 17.5 Å². The van der Waals surface area contributed by atoms with Crippen LogP contribution < -0.4 is 5.32 Å². The lowest BCUT2D eigenvalue weighted by molar-refractivity contribution is -0.130. The van der Waals surface area contributed by atoms with Gasteiger partial charge in [-0.15, -0.1) is 0 Å². The number of carboxylic acid groups (broad SMARTS) is 1. The second-order valence-electron chi connectivity index (χ2n) is 8.98. The number of rotatable bonds is 4. The van der Waals surface area contributed by atoms with Gasteiger partial charge in [0, 0.05) is 25.2 Å². The highest BCUT2D eigenvalue weighted by Crippen LogP contribution is 2.51. The number of likely N-dealkylation sites (tertiary alicyclic amines) is 2. The zero-order valence-corrected chi connectivity index (χ0v) is 15.9. The van der Waals surface area contributed by atoms with Gasteiger partial charge in [0.15, 0.2) is 0 Å². The second-order valence-corrected chi connectivity index (χ2v) is 8.98. The summed E-state index contributed by atoms with van der Waals surface area (Å²) in [6, 6.07) is 1.98. The Morgan fingerprint density at radius 2 is 1.78 bits per heavy atom. The van der Waals surface area contributed by atoms with Crippen molar-refractivity contribution in [2.75, 3.05) is 26.2 Å². The Morgan fingerprint density at radius 1 is 1.11 bits per heavy atom. The minimum Gasteiger partial charge on any atom is -0.465 e. The molecule has 0 aromatic carbocycles. The number of nitriles is 1. The summed E-state index contributed by atoms with van der Waals surface area (Å²) in [5, 5.41) is 22.2. The van der Waals surface area contributed by atoms with Gasteiger partial charge in [-0.05, 0) is 56.3 Å². The molecule has 3 unspecified atom stereocenters. The van der Waals surface area contributed by atoms with Gasteiger partial charge in [0.05, 0.1) is 12.6 Å². The van der Waals surface area contributed by atoms with E-state index < -0.39 is 6.09 Å². The third kappa shape index (κ3) is 3.40. The first-order valence-corrected chi connectivity index (χ1v) is 10.4. The van der Waals surface area contributed by atoms with Crippen molar-refractivity contribution >= 4 is 12.0 Å². The fraction of sp³-hybridized carbons (Fsp3) is 0.850. The standard InChI is InChI=1S/C20H30N4O3/c21-10-17-6-3-7-24(17)18(25)11-22-20(16-4-1-2-5-16)8-14-12-23(19(26)27)13-15(14)9-20/h14-17,22H,1-9,11-13H2,(H,26,27). The van der Waals surface area contributed by atoms with Crippen LogP contribution in [0.15, 0.2) is 0 Å². The predicted octanol–water partition coefficient (Wildman–Crippen LogP) is 2.04. The first-order valence-electron chi connectivity index (χ1n) is 10.4. The highest BCUT2D eigenvalue weighted by molar-refractivity contribution is 5.79. The van der Waals surface area contributed by atoms with Crippen LogP contribution in [0.25, 0.3) is 0 Å². The molecule has 4 aliphatic rings. The monoisotopic (exact) mass is 374 g/mol. The summed E-state index contributed by atoms with van der Waals surface area (Å²) in [5.41, 5.74) is -0.0338. The molecule has 7 heteroatoms. The van der Waals surface area contributed by atoms with E-state index in [4.69, 9.17) is 0 Å². The number of carbonyl (C=O) groups excluding carboxylic acids is 1. The Kier molecular flexibility index (Phi) is 5.02. The lowest BCUT2D eigenvalue weighted by Gasteiger charge is -2.38. The van der Waals surface area contributed by atoms with Crippen LogP contribution in [0, 0.1) is 29.1 Å². The van der Waals surface area contributed by atoms with E-state index in [0.29, 0.717) is 43.9 Å². The molecule has 2 amide bonds. The number of amides is 2. The minimum absolute atomic E-state index is 0.0338. The van der Waals surface area contributed by atoms with Gasteiger partial charge in [-0.25, -0.2) is 4.79 Å². The van der Waals surface area contributed by atoms with Gasteiger partial charge < -0.3 is 20.2 Å². The molecule has 0 spiro atoms. The smallest absolute Gasteiger partial charge is 0.407 e. The lowest BCUT2D eigenvalue weighted by atomic mass is 9.79. The number of carbonyl (C=O) groups is 2. The Hall–Kier alpha value is -1.81. The number of nitrogens with one attached hydrogen (secondary N) is 1. The Bertz CT molecular complexity index is 626. The maximum Gasteiger partial charge on any atom is 0.407 e. The van der Waals surface area contributed by atoms with Gasteiger partial charge >= 0.3 is 6.09 Å². The molecule has 2 N–H and O–H groups in total. The van der Waals surface area contributed by atoms with Gasteiger partial charge in [-0.3, -0.25) is 4.79 Å². The Labute approximate surface area is 160 Å². The van der Waals surface area contributed by atoms with E-state index in [1.807, 2.05) is 0 Å². The van der Waals surface area contributed by atoms with E-state index in [9.17, 15) is 20.0 Å². The van der Waals surface area contributed by atoms with Crippen molar-refractivity contribution in [3.63, 3.8) is 0 Å². The predicted molar refractivity (Wildman–Crippen MR) is 98.9 cm³/mol. The van der Waals surface area contributed by atoms with Crippen LogP contribution in [0.3, 0.4) is 0 Å². The highest BCUT2D eigenvalue weighted by atomic mass is 16.4. The molecule has 7 nitrogen and oxygen atoms in total. The van der Waals surface area contributed by atoms with E-state index in [1.54, 1.807) is 9.80 Å². The van der Waals surface area contributed by atoms with Crippen molar-refractivity contribution in [2.24, 2.45) is 17.8 Å². The van der Waals surface area contributed by atoms with Crippen LogP contribution in [0.1, 0.15) is 51.4 Å². The molecular formula is C20H30N4O3. The zero-order chi connectivity index (χ0) is 19.0. The summed E-state index contributed by atoms with van der Waals surface area (Å²) in [5.74, 6) is 1.44. The van der Waals surface area contributed by atoms with Gasteiger partial charge in [-0.1, -0.05) is 12.8 Å².